The number of carbonyl (C=O) groups excluding carboxylic acids is 1. The van der Waals surface area contributed by atoms with E-state index in [-0.39, 0.29) is 5.57 Å². The minimum atomic E-state index is -0.514. The Morgan fingerprint density at radius 3 is 2.67 bits per heavy atom. The second-order valence-electron chi connectivity index (χ2n) is 6.57. The van der Waals surface area contributed by atoms with Gasteiger partial charge in [0, 0.05) is 0 Å². The molecule has 0 aromatic heterocycles. The molecule has 0 unspecified atom stereocenters. The number of ether oxygens (including phenoxy) is 1. The molecule has 3 aromatic rings. The fourth-order valence-corrected chi connectivity index (χ4v) is 3.63. The summed E-state index contributed by atoms with van der Waals surface area (Å²) < 4.78 is 6.80. The molecule has 4 nitrogen and oxygen atoms in total. The summed E-state index contributed by atoms with van der Waals surface area (Å²) in [5.74, 6) is 0.230. The van der Waals surface area contributed by atoms with Crippen LogP contribution in [0, 0.1) is 21.8 Å². The highest BCUT2D eigenvalue weighted by Gasteiger charge is 2.12. The average molecular weight is 529 g/mol. The molecule has 1 N–H and O–H groups in total. The van der Waals surface area contributed by atoms with Gasteiger partial charge in [0.1, 0.15) is 24.0 Å². The molecule has 0 saturated carbocycles. The number of rotatable bonds is 6. The Morgan fingerprint density at radius 1 is 1.17 bits per heavy atom. The summed E-state index contributed by atoms with van der Waals surface area (Å²) in [4.78, 5) is 12.5. The van der Waals surface area contributed by atoms with Gasteiger partial charge in [0.05, 0.1) is 14.3 Å². The monoisotopic (exact) mass is 528 g/mol. The lowest BCUT2D eigenvalue weighted by molar-refractivity contribution is -0.112. The average Bonchev–Trinajstić information content (AvgIpc) is 2.73. The van der Waals surface area contributed by atoms with E-state index in [1.54, 1.807) is 30.3 Å². The summed E-state index contributed by atoms with van der Waals surface area (Å²) in [5, 5.41) is 12.5. The molecule has 0 aliphatic heterocycles. The zero-order chi connectivity index (χ0) is 21.5. The number of hydrogen-bond donors (Lipinski definition) is 1. The zero-order valence-corrected chi connectivity index (χ0v) is 19.1. The normalized spacial score (nSPS) is 10.9. The third-order valence-electron chi connectivity index (χ3n) is 4.23. The second-order valence-corrected chi connectivity index (χ2v) is 8.14. The summed E-state index contributed by atoms with van der Waals surface area (Å²) in [6.45, 7) is 2.51. The maximum Gasteiger partial charge on any atom is 0.266 e. The van der Waals surface area contributed by atoms with Crippen LogP contribution in [-0.4, -0.2) is 5.91 Å². The fourth-order valence-electron chi connectivity index (χ4n) is 2.75. The van der Waals surface area contributed by atoms with Crippen molar-refractivity contribution in [3.63, 3.8) is 0 Å². The topological polar surface area (TPSA) is 62.1 Å². The van der Waals surface area contributed by atoms with E-state index < -0.39 is 5.91 Å². The number of para-hydroxylation sites is 1. The minimum absolute atomic E-state index is 0.0147. The number of halogens is 2. The van der Waals surface area contributed by atoms with Crippen molar-refractivity contribution in [2.45, 2.75) is 13.5 Å². The number of nitriles is 1. The van der Waals surface area contributed by atoms with Crippen LogP contribution in [0.1, 0.15) is 16.7 Å². The third kappa shape index (κ3) is 5.85. The molecule has 0 radical (unpaired) electrons. The smallest absolute Gasteiger partial charge is 0.266 e. The number of nitrogens with one attached hydrogen (secondary N) is 1. The predicted octanol–water partition coefficient (Wildman–Crippen LogP) is 6.38. The molecule has 0 bridgehead atoms. The first kappa shape index (κ1) is 21.9. The minimum Gasteiger partial charge on any atom is -0.488 e. The van der Waals surface area contributed by atoms with E-state index in [4.69, 9.17) is 16.3 Å². The van der Waals surface area contributed by atoms with Gasteiger partial charge >= 0.3 is 0 Å². The lowest BCUT2D eigenvalue weighted by Gasteiger charge is -2.10. The molecule has 0 aliphatic rings. The van der Waals surface area contributed by atoms with Gasteiger partial charge < -0.3 is 10.1 Å². The van der Waals surface area contributed by atoms with Gasteiger partial charge in [-0.2, -0.15) is 5.26 Å². The van der Waals surface area contributed by atoms with Crippen molar-refractivity contribution >= 4 is 51.9 Å². The van der Waals surface area contributed by atoms with Crippen LogP contribution in [0.5, 0.6) is 5.75 Å². The van der Waals surface area contributed by atoms with Gasteiger partial charge in [0.15, 0.2) is 0 Å². The summed E-state index contributed by atoms with van der Waals surface area (Å²) >= 11 is 8.24. The number of nitrogens with zero attached hydrogens (tertiary/aromatic N) is 1. The maximum absolute atomic E-state index is 12.5. The zero-order valence-electron chi connectivity index (χ0n) is 16.2. The molecule has 0 spiro atoms. The molecular formula is C24H18ClIN2O2. The van der Waals surface area contributed by atoms with Crippen molar-refractivity contribution in [3.05, 3.63) is 97.6 Å². The number of anilines is 1. The van der Waals surface area contributed by atoms with Crippen molar-refractivity contribution in [1.29, 1.82) is 5.26 Å². The van der Waals surface area contributed by atoms with Crippen molar-refractivity contribution in [2.24, 2.45) is 0 Å². The number of amides is 1. The quantitative estimate of drug-likeness (QED) is 0.229. The highest BCUT2D eigenvalue weighted by Crippen LogP contribution is 2.25. The van der Waals surface area contributed by atoms with E-state index >= 15 is 0 Å². The molecule has 0 heterocycles. The molecule has 6 heteroatoms. The Bertz CT molecular complexity index is 1150. The van der Waals surface area contributed by atoms with Gasteiger partial charge in [-0.1, -0.05) is 59.6 Å². The molecule has 1 amide bonds. The number of hydrogen-bond acceptors (Lipinski definition) is 3. The predicted molar refractivity (Wildman–Crippen MR) is 128 cm³/mol. The van der Waals surface area contributed by atoms with Gasteiger partial charge in [-0.3, -0.25) is 4.79 Å². The Morgan fingerprint density at radius 2 is 1.97 bits per heavy atom. The first-order valence-electron chi connectivity index (χ1n) is 9.12. The van der Waals surface area contributed by atoms with Crippen molar-refractivity contribution < 1.29 is 9.53 Å². The van der Waals surface area contributed by atoms with Crippen LogP contribution in [0.2, 0.25) is 5.02 Å². The Hall–Kier alpha value is -2.82. The van der Waals surface area contributed by atoms with Crippen LogP contribution in [0.3, 0.4) is 0 Å². The van der Waals surface area contributed by atoms with Crippen molar-refractivity contribution in [1.82, 2.24) is 0 Å². The largest absolute Gasteiger partial charge is 0.488 e. The SMILES string of the molecule is Cc1cccc(COc2ccc(/C=C(\C#N)C(=O)Nc3ccccc3Cl)cc2I)c1. The van der Waals surface area contributed by atoms with Crippen LogP contribution >= 0.6 is 34.2 Å². The van der Waals surface area contributed by atoms with Crippen LogP contribution in [0.25, 0.3) is 6.08 Å². The molecular weight excluding hydrogens is 511 g/mol. The Kier molecular flexibility index (Phi) is 7.50. The van der Waals surface area contributed by atoms with Crippen LogP contribution in [0.15, 0.2) is 72.3 Å². The summed E-state index contributed by atoms with van der Waals surface area (Å²) in [6, 6.07) is 22.5. The molecule has 0 saturated heterocycles. The van der Waals surface area contributed by atoms with E-state index in [9.17, 15) is 10.1 Å². The third-order valence-corrected chi connectivity index (χ3v) is 5.40. The van der Waals surface area contributed by atoms with Gasteiger partial charge in [0.25, 0.3) is 5.91 Å². The van der Waals surface area contributed by atoms with Gasteiger partial charge in [-0.05, 0) is 71.0 Å². The number of benzene rings is 3. The summed E-state index contributed by atoms with van der Waals surface area (Å²) in [7, 11) is 0. The second kappa shape index (κ2) is 10.3. The van der Waals surface area contributed by atoms with Gasteiger partial charge in [0.2, 0.25) is 0 Å². The first-order chi connectivity index (χ1) is 14.5. The van der Waals surface area contributed by atoms with E-state index in [1.807, 2.05) is 49.4 Å². The fraction of sp³-hybridized carbons (Fsp3) is 0.0833. The van der Waals surface area contributed by atoms with Gasteiger partial charge in [-0.15, -0.1) is 0 Å². The molecule has 3 aromatic carbocycles. The first-order valence-corrected chi connectivity index (χ1v) is 10.6. The molecule has 150 valence electrons. The molecule has 30 heavy (non-hydrogen) atoms. The van der Waals surface area contributed by atoms with E-state index in [0.29, 0.717) is 17.3 Å². The molecule has 0 fully saturated rings. The van der Waals surface area contributed by atoms with Gasteiger partial charge in [-0.25, -0.2) is 0 Å². The maximum atomic E-state index is 12.5. The summed E-state index contributed by atoms with van der Waals surface area (Å²) in [6.07, 6.45) is 1.54. The molecule has 3 rings (SSSR count). The van der Waals surface area contributed by atoms with Crippen molar-refractivity contribution in [3.8, 4) is 11.8 Å². The number of carbonyl (C=O) groups is 1. The Balaban J connectivity index is 1.72. The van der Waals surface area contributed by atoms with Crippen molar-refractivity contribution in [2.75, 3.05) is 5.32 Å². The highest BCUT2D eigenvalue weighted by atomic mass is 127. The van der Waals surface area contributed by atoms with E-state index in [1.165, 1.54) is 5.56 Å². The lowest BCUT2D eigenvalue weighted by atomic mass is 10.1. The highest BCUT2D eigenvalue weighted by molar-refractivity contribution is 14.1. The van der Waals surface area contributed by atoms with Crippen LogP contribution < -0.4 is 10.1 Å². The Labute approximate surface area is 194 Å². The standard InChI is InChI=1S/C24H18ClIN2O2/c1-16-5-4-6-18(11-16)15-30-23-10-9-17(13-21(23)26)12-19(14-27)24(29)28-22-8-3-2-7-20(22)25/h2-13H,15H2,1H3,(H,28,29)/b19-12+. The molecule has 0 atom stereocenters. The van der Waals surface area contributed by atoms with E-state index in [2.05, 4.69) is 34.0 Å². The number of aryl methyl sites for hydroxylation is 1. The van der Waals surface area contributed by atoms with E-state index in [0.717, 1.165) is 20.4 Å². The van der Waals surface area contributed by atoms with Crippen LogP contribution in [-0.2, 0) is 11.4 Å². The molecule has 0 aliphatic carbocycles. The lowest BCUT2D eigenvalue weighted by Crippen LogP contribution is -2.13. The summed E-state index contributed by atoms with van der Waals surface area (Å²) in [5.41, 5.74) is 3.45. The van der Waals surface area contributed by atoms with Crippen LogP contribution in [0.4, 0.5) is 5.69 Å².